The van der Waals surface area contributed by atoms with E-state index in [-0.39, 0.29) is 28.3 Å². The molecule has 2 fully saturated rings. The standard InChI is InChI=1S/C23H31BrClF3N4O4/c1-15-14-30(21(34)36-22(2,3)4)11-12-31(15)16-7-9-29(10-8-16)20(33)32(25)17-5-6-18(24)19(13-17)35-23(26,27)28/h5-6,13,15-16H,7-12,14H2,1-4H3. The van der Waals surface area contributed by atoms with E-state index in [0.29, 0.717) is 32.7 Å². The van der Waals surface area contributed by atoms with Crippen LogP contribution in [-0.4, -0.2) is 83.6 Å². The van der Waals surface area contributed by atoms with Gasteiger partial charge in [-0.05, 0) is 68.6 Å². The summed E-state index contributed by atoms with van der Waals surface area (Å²) in [5.74, 6) is -0.489. The molecule has 2 saturated heterocycles. The summed E-state index contributed by atoms with van der Waals surface area (Å²) in [6, 6.07) is 3.69. The molecule has 2 aliphatic heterocycles. The van der Waals surface area contributed by atoms with Crippen molar-refractivity contribution in [1.82, 2.24) is 14.7 Å². The van der Waals surface area contributed by atoms with E-state index in [1.165, 1.54) is 12.1 Å². The molecule has 13 heteroatoms. The average Bonchev–Trinajstić information content (AvgIpc) is 2.77. The van der Waals surface area contributed by atoms with E-state index in [1.54, 1.807) is 9.80 Å². The quantitative estimate of drug-likeness (QED) is 0.409. The first-order valence-electron chi connectivity index (χ1n) is 11.7. The lowest BCUT2D eigenvalue weighted by Crippen LogP contribution is -2.59. The monoisotopic (exact) mass is 598 g/mol. The SMILES string of the molecule is CC1CN(C(=O)OC(C)(C)C)CCN1C1CCN(C(=O)N(Cl)c2ccc(Br)c(OC(F)(F)F)c2)CC1. The third kappa shape index (κ3) is 7.55. The summed E-state index contributed by atoms with van der Waals surface area (Å²) in [5, 5.41) is 0. The van der Waals surface area contributed by atoms with Crippen LogP contribution in [0.4, 0.5) is 28.4 Å². The van der Waals surface area contributed by atoms with Crippen molar-refractivity contribution in [3.8, 4) is 5.75 Å². The van der Waals surface area contributed by atoms with Crippen molar-refractivity contribution in [2.45, 2.75) is 64.6 Å². The number of nitrogens with zero attached hydrogens (tertiary/aromatic N) is 4. The molecule has 2 aliphatic rings. The maximum absolute atomic E-state index is 12.9. The molecular formula is C23H31BrClF3N4O4. The Morgan fingerprint density at radius 2 is 1.72 bits per heavy atom. The van der Waals surface area contributed by atoms with Gasteiger partial charge in [0.15, 0.2) is 0 Å². The minimum absolute atomic E-state index is 0.0677. The number of benzene rings is 1. The molecule has 0 bridgehead atoms. The lowest BCUT2D eigenvalue weighted by molar-refractivity contribution is -0.274. The van der Waals surface area contributed by atoms with E-state index in [9.17, 15) is 22.8 Å². The van der Waals surface area contributed by atoms with Crippen LogP contribution >= 0.6 is 27.7 Å². The van der Waals surface area contributed by atoms with Crippen molar-refractivity contribution in [2.24, 2.45) is 0 Å². The van der Waals surface area contributed by atoms with Gasteiger partial charge in [0.25, 0.3) is 0 Å². The Labute approximate surface area is 222 Å². The third-order valence-electron chi connectivity index (χ3n) is 6.07. The fourth-order valence-corrected chi connectivity index (χ4v) is 4.99. The first-order chi connectivity index (χ1) is 16.6. The number of ether oxygens (including phenoxy) is 2. The second-order valence-electron chi connectivity index (χ2n) is 9.96. The van der Waals surface area contributed by atoms with Gasteiger partial charge in [0, 0.05) is 62.7 Å². The Morgan fingerprint density at radius 1 is 1.08 bits per heavy atom. The minimum atomic E-state index is -4.88. The number of piperazine rings is 1. The van der Waals surface area contributed by atoms with Gasteiger partial charge in [-0.3, -0.25) is 4.90 Å². The van der Waals surface area contributed by atoms with E-state index in [2.05, 4.69) is 32.5 Å². The average molecular weight is 600 g/mol. The van der Waals surface area contributed by atoms with E-state index in [1.807, 2.05) is 20.8 Å². The Balaban J connectivity index is 1.54. The largest absolute Gasteiger partial charge is 0.573 e. The summed E-state index contributed by atoms with van der Waals surface area (Å²) in [4.78, 5) is 31.0. The molecule has 0 N–H and O–H groups in total. The van der Waals surface area contributed by atoms with Gasteiger partial charge in [-0.2, -0.15) is 0 Å². The van der Waals surface area contributed by atoms with E-state index >= 15 is 0 Å². The van der Waals surface area contributed by atoms with Crippen molar-refractivity contribution in [1.29, 1.82) is 0 Å². The number of piperidine rings is 1. The zero-order valence-corrected chi connectivity index (χ0v) is 23.0. The number of anilines is 1. The van der Waals surface area contributed by atoms with Crippen molar-refractivity contribution in [3.05, 3.63) is 22.7 Å². The Morgan fingerprint density at radius 3 is 2.28 bits per heavy atom. The maximum Gasteiger partial charge on any atom is 0.573 e. The van der Waals surface area contributed by atoms with Crippen LogP contribution in [0, 0.1) is 0 Å². The van der Waals surface area contributed by atoms with Crippen LogP contribution in [0.3, 0.4) is 0 Å². The van der Waals surface area contributed by atoms with Gasteiger partial charge in [0.2, 0.25) is 0 Å². The summed E-state index contributed by atoms with van der Waals surface area (Å²) in [6.45, 7) is 10.3. The third-order valence-corrected chi connectivity index (χ3v) is 7.06. The molecule has 2 heterocycles. The highest BCUT2D eigenvalue weighted by atomic mass is 79.9. The van der Waals surface area contributed by atoms with Crippen LogP contribution in [0.15, 0.2) is 22.7 Å². The van der Waals surface area contributed by atoms with Crippen molar-refractivity contribution in [2.75, 3.05) is 37.1 Å². The molecule has 0 radical (unpaired) electrons. The van der Waals surface area contributed by atoms with Crippen LogP contribution in [0.25, 0.3) is 0 Å². The second kappa shape index (κ2) is 11.2. The Bertz CT molecular complexity index is 954. The van der Waals surface area contributed by atoms with Crippen LogP contribution in [0.5, 0.6) is 5.75 Å². The van der Waals surface area contributed by atoms with Gasteiger partial charge in [0.05, 0.1) is 10.2 Å². The maximum atomic E-state index is 12.9. The number of amides is 3. The molecule has 1 atom stereocenters. The van der Waals surface area contributed by atoms with Crippen LogP contribution in [0.2, 0.25) is 0 Å². The number of rotatable bonds is 3. The smallest absolute Gasteiger partial charge is 0.444 e. The van der Waals surface area contributed by atoms with Crippen molar-refractivity contribution >= 4 is 45.5 Å². The number of halogens is 5. The fraction of sp³-hybridized carbons (Fsp3) is 0.652. The predicted molar refractivity (Wildman–Crippen MR) is 133 cm³/mol. The number of hydrogen-bond acceptors (Lipinski definition) is 5. The molecule has 0 spiro atoms. The number of likely N-dealkylation sites (tertiary alicyclic amines) is 1. The normalized spacial score (nSPS) is 20.3. The molecule has 0 aromatic heterocycles. The van der Waals surface area contributed by atoms with E-state index in [0.717, 1.165) is 23.3 Å². The lowest BCUT2D eigenvalue weighted by atomic mass is 10.00. The highest BCUT2D eigenvalue weighted by Gasteiger charge is 2.36. The first kappa shape index (κ1) is 28.6. The topological polar surface area (TPSA) is 65.6 Å². The van der Waals surface area contributed by atoms with Gasteiger partial charge in [-0.15, -0.1) is 13.2 Å². The molecule has 1 unspecified atom stereocenters. The number of hydrogen-bond donors (Lipinski definition) is 0. The Hall–Kier alpha value is -1.92. The molecule has 202 valence electrons. The second-order valence-corrected chi connectivity index (χ2v) is 11.1. The van der Waals surface area contributed by atoms with Crippen LogP contribution in [-0.2, 0) is 4.74 Å². The fourth-order valence-electron chi connectivity index (χ4n) is 4.45. The highest BCUT2D eigenvalue weighted by molar-refractivity contribution is 9.10. The number of carbonyl (C=O) groups is 2. The van der Waals surface area contributed by atoms with E-state index in [4.69, 9.17) is 16.5 Å². The van der Waals surface area contributed by atoms with Gasteiger partial charge in [-0.25, -0.2) is 14.0 Å². The Kier molecular flexibility index (Phi) is 8.93. The minimum Gasteiger partial charge on any atom is -0.444 e. The summed E-state index contributed by atoms with van der Waals surface area (Å²) in [7, 11) is 0. The molecule has 3 rings (SSSR count). The summed E-state index contributed by atoms with van der Waals surface area (Å²) >= 11 is 9.22. The van der Waals surface area contributed by atoms with Crippen LogP contribution in [0.1, 0.15) is 40.5 Å². The summed E-state index contributed by atoms with van der Waals surface area (Å²) in [6.07, 6.45) is -3.75. The highest BCUT2D eigenvalue weighted by Crippen LogP contribution is 2.35. The zero-order valence-electron chi connectivity index (χ0n) is 20.6. The zero-order chi connectivity index (χ0) is 26.8. The first-order valence-corrected chi connectivity index (χ1v) is 12.8. The van der Waals surface area contributed by atoms with Gasteiger partial charge in [0.1, 0.15) is 11.4 Å². The molecule has 8 nitrogen and oxygen atoms in total. The van der Waals surface area contributed by atoms with Gasteiger partial charge in [-0.1, -0.05) is 0 Å². The summed E-state index contributed by atoms with van der Waals surface area (Å²) in [5.41, 5.74) is -0.478. The van der Waals surface area contributed by atoms with Gasteiger partial charge >= 0.3 is 18.5 Å². The molecule has 3 amide bonds. The predicted octanol–water partition coefficient (Wildman–Crippen LogP) is 5.83. The molecule has 0 saturated carbocycles. The van der Waals surface area contributed by atoms with Gasteiger partial charge < -0.3 is 19.3 Å². The van der Waals surface area contributed by atoms with Crippen LogP contribution < -0.4 is 9.16 Å². The molecule has 1 aromatic carbocycles. The van der Waals surface area contributed by atoms with E-state index < -0.39 is 23.7 Å². The molecule has 36 heavy (non-hydrogen) atoms. The number of alkyl halides is 3. The lowest BCUT2D eigenvalue weighted by Gasteiger charge is -2.46. The number of urea groups is 1. The summed E-state index contributed by atoms with van der Waals surface area (Å²) < 4.78 is 48.3. The molecule has 1 aromatic rings. The van der Waals surface area contributed by atoms with Crippen molar-refractivity contribution in [3.63, 3.8) is 0 Å². The van der Waals surface area contributed by atoms with Crippen molar-refractivity contribution < 1.29 is 32.2 Å². The molecule has 0 aliphatic carbocycles. The molecular weight excluding hydrogens is 569 g/mol. The number of carbonyl (C=O) groups excluding carboxylic acids is 2.